The Kier molecular flexibility index (Phi) is 10.2. The third-order valence-corrected chi connectivity index (χ3v) is 10.1. The number of rotatable bonds is 12. The molecule has 0 radical (unpaired) electrons. The van der Waals surface area contributed by atoms with Crippen LogP contribution in [0.2, 0.25) is 0 Å². The van der Waals surface area contributed by atoms with Crippen LogP contribution in [0.3, 0.4) is 0 Å². The van der Waals surface area contributed by atoms with Crippen LogP contribution in [-0.4, -0.2) is 56.2 Å². The summed E-state index contributed by atoms with van der Waals surface area (Å²) in [6, 6.07) is 53.2. The highest BCUT2D eigenvalue weighted by molar-refractivity contribution is 5.71. The molecule has 0 aliphatic carbocycles. The molecule has 0 aliphatic rings. The summed E-state index contributed by atoms with van der Waals surface area (Å²) in [6.45, 7) is 0. The Morgan fingerprint density at radius 2 is 0.902 bits per heavy atom. The summed E-state index contributed by atoms with van der Waals surface area (Å²) in [7, 11) is 4.86. The molecule has 0 bridgehead atoms. The molecule has 7 aromatic carbocycles. The first-order valence-electron chi connectivity index (χ1n) is 19.2. The summed E-state index contributed by atoms with van der Waals surface area (Å²) < 4.78 is 17.3. The van der Waals surface area contributed by atoms with Gasteiger partial charge in [-0.05, 0) is 139 Å². The summed E-state index contributed by atoms with van der Waals surface area (Å²) in [6.07, 6.45) is 0. The lowest BCUT2D eigenvalue weighted by molar-refractivity contribution is -0.734. The van der Waals surface area contributed by atoms with Crippen LogP contribution in [0.5, 0.6) is 17.2 Å². The Labute approximate surface area is 349 Å². The molecule has 14 nitrogen and oxygen atoms in total. The lowest BCUT2D eigenvalue weighted by atomic mass is 10.0. The van der Waals surface area contributed by atoms with Gasteiger partial charge in [-0.15, -0.1) is 0 Å². The molecule has 2 aromatic heterocycles. The van der Waals surface area contributed by atoms with Gasteiger partial charge in [-0.25, -0.2) is 0 Å². The first-order valence-corrected chi connectivity index (χ1v) is 19.2. The summed E-state index contributed by atoms with van der Waals surface area (Å²) in [5, 5.41) is 31.1. The average Bonchev–Trinajstić information content (AvgIpc) is 3.98. The van der Waals surface area contributed by atoms with Gasteiger partial charge < -0.3 is 14.2 Å². The third-order valence-electron chi connectivity index (χ3n) is 10.1. The Morgan fingerprint density at radius 1 is 0.475 bits per heavy atom. The van der Waals surface area contributed by atoms with Gasteiger partial charge in [-0.3, -0.25) is 10.1 Å². The topological polar surface area (TPSA) is 140 Å². The first-order chi connectivity index (χ1) is 29.9. The number of aromatic nitrogens is 8. The van der Waals surface area contributed by atoms with Crippen molar-refractivity contribution in [3.63, 3.8) is 0 Å². The van der Waals surface area contributed by atoms with Gasteiger partial charge in [-0.2, -0.15) is 0 Å². The highest BCUT2D eigenvalue weighted by Crippen LogP contribution is 2.33. The zero-order chi connectivity index (χ0) is 41.9. The fourth-order valence-corrected chi connectivity index (χ4v) is 6.94. The molecule has 14 heteroatoms. The molecule has 0 unspecified atom stereocenters. The van der Waals surface area contributed by atoms with Crippen LogP contribution in [0.25, 0.3) is 67.8 Å². The lowest BCUT2D eigenvalue weighted by Crippen LogP contribution is -2.43. The molecule has 0 N–H and O–H groups in total. The summed E-state index contributed by atoms with van der Waals surface area (Å²) in [5.74, 6) is 2.86. The van der Waals surface area contributed by atoms with E-state index in [1.54, 1.807) is 52.6 Å². The molecular formula is C47H37N9O5+2. The Hall–Kier alpha value is -8.52. The van der Waals surface area contributed by atoms with Gasteiger partial charge >= 0.3 is 11.6 Å². The first kappa shape index (κ1) is 38.0. The van der Waals surface area contributed by atoms with E-state index in [1.807, 2.05) is 146 Å². The van der Waals surface area contributed by atoms with Crippen LogP contribution in [0.15, 0.2) is 170 Å². The van der Waals surface area contributed by atoms with Crippen molar-refractivity contribution in [1.82, 2.24) is 30.0 Å². The predicted octanol–water partition coefficient (Wildman–Crippen LogP) is 8.00. The SMILES string of the molecule is COc1ccc(-c2ccc(-c3nn(-c4ccc([N+](=O)[O-])cc4)[n+](-c4ccc(-c5ccc(-[n+]6nc(-c7ccccc7)nn6-c6ccccc6)c(OC)c5)cc4OC)n3)cc2)cc1. The van der Waals surface area contributed by atoms with Crippen molar-refractivity contribution >= 4 is 5.69 Å². The molecule has 0 fully saturated rings. The van der Waals surface area contributed by atoms with E-state index < -0.39 is 4.92 Å². The van der Waals surface area contributed by atoms with Crippen molar-refractivity contribution in [1.29, 1.82) is 0 Å². The van der Waals surface area contributed by atoms with E-state index in [2.05, 4.69) is 0 Å². The molecule has 2 heterocycles. The summed E-state index contributed by atoms with van der Waals surface area (Å²) >= 11 is 0. The van der Waals surface area contributed by atoms with Gasteiger partial charge in [-0.1, -0.05) is 60.7 Å². The average molecular weight is 808 g/mol. The van der Waals surface area contributed by atoms with Crippen molar-refractivity contribution in [3.8, 4) is 85.0 Å². The zero-order valence-electron chi connectivity index (χ0n) is 33.2. The lowest BCUT2D eigenvalue weighted by Gasteiger charge is -2.11. The fourth-order valence-electron chi connectivity index (χ4n) is 6.94. The van der Waals surface area contributed by atoms with Crippen LogP contribution in [0.4, 0.5) is 5.69 Å². The fraction of sp³-hybridized carbons (Fsp3) is 0.0638. The number of non-ortho nitro benzene ring substituents is 1. The van der Waals surface area contributed by atoms with Gasteiger partial charge in [0.15, 0.2) is 11.5 Å². The van der Waals surface area contributed by atoms with Crippen LogP contribution < -0.4 is 23.8 Å². The number of hydrogen-bond donors (Lipinski definition) is 0. The normalized spacial score (nSPS) is 11.0. The van der Waals surface area contributed by atoms with Crippen molar-refractivity contribution in [2.75, 3.05) is 21.3 Å². The standard InChI is InChI=1S/C47H37N9O5/c1-59-41-26-18-33(19-27-41)32-14-16-35(17-15-32)47-49-53(39-22-24-40(25-23-39)56(57)58)55(51-47)43-29-21-37(31-45(43)61-3)36-20-28-42(44(30-36)60-2)54-50-46(34-10-6-4-7-11-34)48-52(54)38-12-8-5-9-13-38/h4-31H,1-3H3/q+2. The second-order valence-electron chi connectivity index (χ2n) is 13.8. The minimum atomic E-state index is -0.437. The molecule has 0 atom stereocenters. The highest BCUT2D eigenvalue weighted by Gasteiger charge is 2.29. The van der Waals surface area contributed by atoms with E-state index in [1.165, 1.54) is 12.1 Å². The molecule has 9 rings (SSSR count). The number of ether oxygens (including phenoxy) is 3. The quantitative estimate of drug-likeness (QED) is 0.0683. The number of tetrazole rings is 2. The maximum Gasteiger partial charge on any atom is 0.340 e. The van der Waals surface area contributed by atoms with Crippen molar-refractivity contribution in [2.45, 2.75) is 0 Å². The highest BCUT2D eigenvalue weighted by atomic mass is 16.6. The molecular weight excluding hydrogens is 771 g/mol. The zero-order valence-corrected chi connectivity index (χ0v) is 33.2. The largest absolute Gasteiger partial charge is 0.497 e. The maximum absolute atomic E-state index is 11.5. The third kappa shape index (κ3) is 7.52. The van der Waals surface area contributed by atoms with Gasteiger partial charge in [0.05, 0.1) is 47.6 Å². The van der Waals surface area contributed by atoms with Crippen molar-refractivity contribution in [3.05, 3.63) is 180 Å². The monoisotopic (exact) mass is 807 g/mol. The second-order valence-corrected chi connectivity index (χ2v) is 13.8. The molecule has 0 amide bonds. The smallest absolute Gasteiger partial charge is 0.340 e. The van der Waals surface area contributed by atoms with E-state index in [-0.39, 0.29) is 5.69 Å². The summed E-state index contributed by atoms with van der Waals surface area (Å²) in [4.78, 5) is 17.8. The number of para-hydroxylation sites is 1. The molecule has 0 aliphatic heterocycles. The number of nitro groups is 1. The number of nitrogens with zero attached hydrogens (tertiary/aromatic N) is 9. The van der Waals surface area contributed by atoms with Gasteiger partial charge in [0.25, 0.3) is 5.69 Å². The van der Waals surface area contributed by atoms with Crippen LogP contribution in [0, 0.1) is 10.1 Å². The van der Waals surface area contributed by atoms with Crippen molar-refractivity contribution in [2.24, 2.45) is 0 Å². The van der Waals surface area contributed by atoms with Crippen molar-refractivity contribution < 1.29 is 28.7 Å². The molecule has 298 valence electrons. The summed E-state index contributed by atoms with van der Waals surface area (Å²) in [5.41, 5.74) is 8.03. The van der Waals surface area contributed by atoms with Gasteiger partial charge in [0.2, 0.25) is 11.4 Å². The van der Waals surface area contributed by atoms with E-state index >= 15 is 0 Å². The Morgan fingerprint density at radius 3 is 1.38 bits per heavy atom. The number of nitro benzene ring substituents is 1. The number of methoxy groups -OCH3 is 3. The maximum atomic E-state index is 11.5. The molecule has 9 aromatic rings. The van der Waals surface area contributed by atoms with Crippen LogP contribution >= 0.6 is 0 Å². The van der Waals surface area contributed by atoms with Gasteiger partial charge in [0, 0.05) is 21.7 Å². The number of hydrogen-bond acceptors (Lipinski definition) is 9. The number of benzene rings is 7. The predicted molar refractivity (Wildman–Crippen MR) is 227 cm³/mol. The van der Waals surface area contributed by atoms with E-state index in [0.29, 0.717) is 40.2 Å². The van der Waals surface area contributed by atoms with Gasteiger partial charge in [0.1, 0.15) is 17.1 Å². The molecule has 0 saturated carbocycles. The second kappa shape index (κ2) is 16.4. The molecule has 0 spiro atoms. The van der Waals surface area contributed by atoms with E-state index in [4.69, 9.17) is 34.6 Å². The Balaban J connectivity index is 1.09. The Bertz CT molecular complexity index is 2990. The van der Waals surface area contributed by atoms with E-state index in [9.17, 15) is 10.1 Å². The minimum Gasteiger partial charge on any atom is -0.497 e. The van der Waals surface area contributed by atoms with Crippen LogP contribution in [-0.2, 0) is 0 Å². The molecule has 0 saturated heterocycles. The minimum absolute atomic E-state index is 0.0384. The molecule has 61 heavy (non-hydrogen) atoms. The van der Waals surface area contributed by atoms with E-state index in [0.717, 1.165) is 44.8 Å². The van der Waals surface area contributed by atoms with Crippen LogP contribution in [0.1, 0.15) is 0 Å².